The summed E-state index contributed by atoms with van der Waals surface area (Å²) in [5.74, 6) is 0.105. The van der Waals surface area contributed by atoms with Crippen LogP contribution in [0.25, 0.3) is 0 Å². The van der Waals surface area contributed by atoms with Crippen molar-refractivity contribution in [3.05, 3.63) is 17.5 Å². The van der Waals surface area contributed by atoms with Crippen molar-refractivity contribution in [2.45, 2.75) is 52.0 Å². The van der Waals surface area contributed by atoms with Crippen LogP contribution < -0.4 is 5.73 Å². The third-order valence-corrected chi connectivity index (χ3v) is 3.55. The normalized spacial score (nSPS) is 11.8. The third-order valence-electron chi connectivity index (χ3n) is 3.55. The van der Waals surface area contributed by atoms with Crippen molar-refractivity contribution in [1.29, 1.82) is 0 Å². The van der Waals surface area contributed by atoms with E-state index in [1.54, 1.807) is 4.68 Å². The van der Waals surface area contributed by atoms with E-state index in [9.17, 15) is 4.79 Å². The lowest BCUT2D eigenvalue weighted by Crippen LogP contribution is -2.47. The van der Waals surface area contributed by atoms with Crippen LogP contribution in [0.2, 0.25) is 0 Å². The van der Waals surface area contributed by atoms with E-state index < -0.39 is 5.54 Å². The quantitative estimate of drug-likeness (QED) is 0.817. The first kappa shape index (κ1) is 13.9. The first-order valence-corrected chi connectivity index (χ1v) is 6.30. The minimum absolute atomic E-state index is 0.105. The Morgan fingerprint density at radius 3 is 2.41 bits per heavy atom. The molecule has 96 valence electrons. The van der Waals surface area contributed by atoms with Gasteiger partial charge in [-0.3, -0.25) is 9.48 Å². The van der Waals surface area contributed by atoms with Gasteiger partial charge in [-0.1, -0.05) is 20.8 Å². The van der Waals surface area contributed by atoms with Crippen molar-refractivity contribution in [3.63, 3.8) is 0 Å². The number of nitrogens with two attached hydrogens (primary N) is 1. The molecule has 0 saturated heterocycles. The number of hydrogen-bond acceptors (Lipinski definition) is 3. The van der Waals surface area contributed by atoms with Crippen LogP contribution in [0.4, 0.5) is 0 Å². The largest absolute Gasteiger partial charge is 0.319 e. The Labute approximate surface area is 103 Å². The molecule has 0 fully saturated rings. The lowest BCUT2D eigenvalue weighted by atomic mass is 9.87. The first-order chi connectivity index (χ1) is 7.96. The van der Waals surface area contributed by atoms with Gasteiger partial charge < -0.3 is 5.73 Å². The zero-order valence-corrected chi connectivity index (χ0v) is 11.3. The highest BCUT2D eigenvalue weighted by Crippen LogP contribution is 2.16. The van der Waals surface area contributed by atoms with E-state index in [0.29, 0.717) is 19.3 Å². The maximum atomic E-state index is 12.2. The van der Waals surface area contributed by atoms with Crippen LogP contribution in [0, 0.1) is 0 Å². The summed E-state index contributed by atoms with van der Waals surface area (Å²) in [7, 11) is 1.87. The molecule has 0 aliphatic rings. The molecule has 0 aliphatic carbocycles. The Kier molecular flexibility index (Phi) is 4.46. The van der Waals surface area contributed by atoms with E-state index in [2.05, 4.69) is 12.0 Å². The van der Waals surface area contributed by atoms with Gasteiger partial charge in [-0.05, 0) is 25.3 Å². The van der Waals surface area contributed by atoms with Gasteiger partial charge >= 0.3 is 0 Å². The second-order valence-corrected chi connectivity index (χ2v) is 4.57. The molecule has 0 atom stereocenters. The predicted octanol–water partition coefficient (Wildman–Crippen LogP) is 1.61. The zero-order chi connectivity index (χ0) is 13.1. The molecular weight excluding hydrogens is 214 g/mol. The fraction of sp³-hybridized carbons (Fsp3) is 0.692. The van der Waals surface area contributed by atoms with Gasteiger partial charge in [0.15, 0.2) is 5.78 Å². The summed E-state index contributed by atoms with van der Waals surface area (Å²) < 4.78 is 1.78. The van der Waals surface area contributed by atoms with Gasteiger partial charge in [-0.2, -0.15) is 5.10 Å². The van der Waals surface area contributed by atoms with E-state index in [0.717, 1.165) is 17.8 Å². The number of Topliss-reactive ketones (excluding diaryl/α,β-unsaturated/α-hetero) is 1. The number of aryl methyl sites for hydroxylation is 2. The molecule has 4 heteroatoms. The molecule has 0 spiro atoms. The van der Waals surface area contributed by atoms with E-state index in [1.807, 2.05) is 27.0 Å². The van der Waals surface area contributed by atoms with E-state index >= 15 is 0 Å². The maximum Gasteiger partial charge on any atom is 0.158 e. The number of carbonyl (C=O) groups is 1. The van der Waals surface area contributed by atoms with Crippen LogP contribution in [0.5, 0.6) is 0 Å². The van der Waals surface area contributed by atoms with Gasteiger partial charge in [-0.25, -0.2) is 0 Å². The first-order valence-electron chi connectivity index (χ1n) is 6.30. The van der Waals surface area contributed by atoms with Gasteiger partial charge in [0, 0.05) is 12.7 Å². The summed E-state index contributed by atoms with van der Waals surface area (Å²) in [6.07, 6.45) is 2.63. The smallest absolute Gasteiger partial charge is 0.158 e. The molecule has 2 N–H and O–H groups in total. The number of hydrogen-bond donors (Lipinski definition) is 1. The molecule has 0 aliphatic heterocycles. The molecular formula is C13H23N3O. The molecule has 1 aromatic heterocycles. The average Bonchev–Trinajstić information content (AvgIpc) is 2.69. The Balaban J connectivity index is 2.83. The second-order valence-electron chi connectivity index (χ2n) is 4.57. The van der Waals surface area contributed by atoms with Crippen molar-refractivity contribution in [1.82, 2.24) is 9.78 Å². The van der Waals surface area contributed by atoms with Crippen LogP contribution >= 0.6 is 0 Å². The summed E-state index contributed by atoms with van der Waals surface area (Å²) >= 11 is 0. The number of carbonyl (C=O) groups excluding carboxylic acids is 1. The Morgan fingerprint density at radius 2 is 2.00 bits per heavy atom. The van der Waals surface area contributed by atoms with Crippen molar-refractivity contribution < 1.29 is 4.79 Å². The molecule has 0 amide bonds. The lowest BCUT2D eigenvalue weighted by Gasteiger charge is -2.24. The van der Waals surface area contributed by atoms with Gasteiger partial charge in [0.25, 0.3) is 0 Å². The Hall–Kier alpha value is -1.16. The van der Waals surface area contributed by atoms with Gasteiger partial charge in [0.05, 0.1) is 17.7 Å². The molecule has 0 unspecified atom stereocenters. The summed E-state index contributed by atoms with van der Waals surface area (Å²) in [6, 6.07) is 1.99. The van der Waals surface area contributed by atoms with Crippen LogP contribution in [0.15, 0.2) is 6.07 Å². The van der Waals surface area contributed by atoms with Crippen molar-refractivity contribution >= 4 is 5.78 Å². The fourth-order valence-electron chi connectivity index (χ4n) is 1.89. The van der Waals surface area contributed by atoms with Gasteiger partial charge in [0.1, 0.15) is 0 Å². The number of nitrogens with zero attached hydrogens (tertiary/aromatic N) is 2. The highest BCUT2D eigenvalue weighted by Gasteiger charge is 2.30. The van der Waals surface area contributed by atoms with Crippen molar-refractivity contribution in [2.24, 2.45) is 12.8 Å². The zero-order valence-electron chi connectivity index (χ0n) is 11.3. The Morgan fingerprint density at radius 1 is 1.41 bits per heavy atom. The standard InChI is InChI=1S/C13H23N3O/c1-5-10-8-11(16(4)15-10)9-12(17)13(14,6-2)7-3/h8H,5-7,9,14H2,1-4H3. The van der Waals surface area contributed by atoms with Crippen LogP contribution in [-0.4, -0.2) is 21.1 Å². The van der Waals surface area contributed by atoms with Crippen LogP contribution in [0.3, 0.4) is 0 Å². The maximum absolute atomic E-state index is 12.2. The second kappa shape index (κ2) is 5.45. The molecule has 1 rings (SSSR count). The molecule has 1 heterocycles. The molecule has 4 nitrogen and oxygen atoms in total. The molecule has 0 saturated carbocycles. The summed E-state index contributed by atoms with van der Waals surface area (Å²) in [5.41, 5.74) is 7.38. The van der Waals surface area contributed by atoms with E-state index in [4.69, 9.17) is 5.73 Å². The number of aromatic nitrogens is 2. The molecule has 0 bridgehead atoms. The fourth-order valence-corrected chi connectivity index (χ4v) is 1.89. The predicted molar refractivity (Wildman–Crippen MR) is 68.8 cm³/mol. The SMILES string of the molecule is CCc1cc(CC(=O)C(N)(CC)CC)n(C)n1. The van der Waals surface area contributed by atoms with Gasteiger partial charge in [0.2, 0.25) is 0 Å². The minimum atomic E-state index is -0.684. The molecule has 0 radical (unpaired) electrons. The van der Waals surface area contributed by atoms with Crippen LogP contribution in [-0.2, 0) is 24.7 Å². The molecule has 17 heavy (non-hydrogen) atoms. The monoisotopic (exact) mass is 237 g/mol. The topological polar surface area (TPSA) is 60.9 Å². The van der Waals surface area contributed by atoms with E-state index in [-0.39, 0.29) is 5.78 Å². The summed E-state index contributed by atoms with van der Waals surface area (Å²) in [6.45, 7) is 5.98. The minimum Gasteiger partial charge on any atom is -0.319 e. The average molecular weight is 237 g/mol. The number of rotatable bonds is 6. The highest BCUT2D eigenvalue weighted by molar-refractivity contribution is 5.89. The third kappa shape index (κ3) is 2.94. The lowest BCUT2D eigenvalue weighted by molar-refractivity contribution is -0.123. The molecule has 1 aromatic rings. The van der Waals surface area contributed by atoms with E-state index in [1.165, 1.54) is 0 Å². The summed E-state index contributed by atoms with van der Waals surface area (Å²) in [4.78, 5) is 12.2. The van der Waals surface area contributed by atoms with Gasteiger partial charge in [-0.15, -0.1) is 0 Å². The Bertz CT molecular complexity index is 391. The highest BCUT2D eigenvalue weighted by atomic mass is 16.1. The number of ketones is 1. The summed E-state index contributed by atoms with van der Waals surface area (Å²) in [5, 5.41) is 4.34. The van der Waals surface area contributed by atoms with Crippen LogP contribution in [0.1, 0.15) is 45.0 Å². The molecule has 0 aromatic carbocycles. The van der Waals surface area contributed by atoms with Crippen molar-refractivity contribution in [2.75, 3.05) is 0 Å². The van der Waals surface area contributed by atoms with Crippen molar-refractivity contribution in [3.8, 4) is 0 Å².